The lowest BCUT2D eigenvalue weighted by Crippen LogP contribution is -2.47. The molecule has 5 nitrogen and oxygen atoms in total. The quantitative estimate of drug-likeness (QED) is 0.928. The minimum Gasteiger partial charge on any atom is -0.381 e. The number of ether oxygens (including phenoxy) is 1. The molecule has 6 heteroatoms. The Bertz CT molecular complexity index is 688. The topological polar surface area (TPSA) is 54.5 Å². The van der Waals surface area contributed by atoms with E-state index in [9.17, 15) is 9.18 Å². The Morgan fingerprint density at radius 3 is 2.40 bits per heavy atom. The number of amides is 2. The maximum absolute atomic E-state index is 13.3. The summed E-state index contributed by atoms with van der Waals surface area (Å²) in [4.78, 5) is 18.5. The van der Waals surface area contributed by atoms with Crippen molar-refractivity contribution >= 4 is 6.03 Å². The molecular formula is C19H22FN3O2. The summed E-state index contributed by atoms with van der Waals surface area (Å²) < 4.78 is 18.6. The summed E-state index contributed by atoms with van der Waals surface area (Å²) in [7, 11) is 1.81. The van der Waals surface area contributed by atoms with Crippen molar-refractivity contribution in [3.63, 3.8) is 0 Å². The summed E-state index contributed by atoms with van der Waals surface area (Å²) in [6.07, 6.45) is 5.03. The van der Waals surface area contributed by atoms with Crippen molar-refractivity contribution in [3.8, 4) is 0 Å². The number of hydrogen-bond acceptors (Lipinski definition) is 3. The highest BCUT2D eigenvalue weighted by Crippen LogP contribution is 2.23. The summed E-state index contributed by atoms with van der Waals surface area (Å²) in [6, 6.07) is 9.53. The second-order valence-electron chi connectivity index (χ2n) is 6.17. The number of benzene rings is 1. The third-order valence-electron chi connectivity index (χ3n) is 4.57. The summed E-state index contributed by atoms with van der Waals surface area (Å²) in [5.41, 5.74) is 1.72. The number of urea groups is 1. The number of hydrogen-bond donors (Lipinski definition) is 1. The van der Waals surface area contributed by atoms with Crippen molar-refractivity contribution in [2.75, 3.05) is 20.3 Å². The van der Waals surface area contributed by atoms with Crippen LogP contribution < -0.4 is 5.32 Å². The zero-order chi connectivity index (χ0) is 17.6. The van der Waals surface area contributed by atoms with Crippen molar-refractivity contribution < 1.29 is 13.9 Å². The predicted octanol–water partition coefficient (Wildman–Crippen LogP) is 3.13. The molecule has 0 radical (unpaired) electrons. The van der Waals surface area contributed by atoms with Crippen LogP contribution in [-0.2, 0) is 4.74 Å². The van der Waals surface area contributed by atoms with E-state index in [-0.39, 0.29) is 23.9 Å². The molecule has 1 fully saturated rings. The van der Waals surface area contributed by atoms with E-state index in [0.29, 0.717) is 13.2 Å². The maximum atomic E-state index is 13.3. The fourth-order valence-corrected chi connectivity index (χ4v) is 3.03. The van der Waals surface area contributed by atoms with Gasteiger partial charge in [-0.15, -0.1) is 0 Å². The molecule has 25 heavy (non-hydrogen) atoms. The molecular weight excluding hydrogens is 321 g/mol. The van der Waals surface area contributed by atoms with Crippen LogP contribution in [0.15, 0.2) is 48.8 Å². The van der Waals surface area contributed by atoms with E-state index in [1.54, 1.807) is 36.5 Å². The molecule has 2 heterocycles. The summed E-state index contributed by atoms with van der Waals surface area (Å²) in [6.45, 7) is 1.35. The number of halogens is 1. The van der Waals surface area contributed by atoms with E-state index < -0.39 is 0 Å². The number of nitrogens with one attached hydrogen (secondary N) is 1. The SMILES string of the molecule is CN(C(=O)N[C@H](c1ccncc1)c1ccc(F)cc1)C1CCOCC1. The first kappa shape index (κ1) is 17.4. The monoisotopic (exact) mass is 343 g/mol. The Kier molecular flexibility index (Phi) is 5.60. The van der Waals surface area contributed by atoms with Gasteiger partial charge in [0.1, 0.15) is 5.82 Å². The molecule has 1 aliphatic heterocycles. The zero-order valence-corrected chi connectivity index (χ0v) is 14.2. The van der Waals surface area contributed by atoms with Gasteiger partial charge in [-0.1, -0.05) is 12.1 Å². The molecule has 1 aliphatic rings. The Morgan fingerprint density at radius 1 is 1.16 bits per heavy atom. The molecule has 1 aromatic heterocycles. The zero-order valence-electron chi connectivity index (χ0n) is 14.2. The summed E-state index contributed by atoms with van der Waals surface area (Å²) in [5, 5.41) is 3.06. The van der Waals surface area contributed by atoms with Gasteiger partial charge in [-0.2, -0.15) is 0 Å². The van der Waals surface area contributed by atoms with Gasteiger partial charge < -0.3 is 15.0 Å². The first-order chi connectivity index (χ1) is 12.1. The number of pyridine rings is 1. The van der Waals surface area contributed by atoms with Crippen LogP contribution in [0.25, 0.3) is 0 Å². The van der Waals surface area contributed by atoms with E-state index in [0.717, 1.165) is 24.0 Å². The Balaban J connectivity index is 1.79. The molecule has 132 valence electrons. The lowest BCUT2D eigenvalue weighted by Gasteiger charge is -2.32. The van der Waals surface area contributed by atoms with Crippen molar-refractivity contribution in [2.45, 2.75) is 24.9 Å². The van der Waals surface area contributed by atoms with Gasteiger partial charge in [-0.3, -0.25) is 4.98 Å². The second kappa shape index (κ2) is 8.07. The number of nitrogens with zero attached hydrogens (tertiary/aromatic N) is 2. The van der Waals surface area contributed by atoms with Gasteiger partial charge in [0.2, 0.25) is 0 Å². The van der Waals surface area contributed by atoms with Crippen molar-refractivity contribution in [3.05, 3.63) is 65.7 Å². The van der Waals surface area contributed by atoms with Crippen LogP contribution in [0.3, 0.4) is 0 Å². The molecule has 1 atom stereocenters. The highest BCUT2D eigenvalue weighted by Gasteiger charge is 2.25. The predicted molar refractivity (Wildman–Crippen MR) is 92.6 cm³/mol. The van der Waals surface area contributed by atoms with Crippen molar-refractivity contribution in [1.82, 2.24) is 15.2 Å². The Labute approximate surface area is 146 Å². The fourth-order valence-electron chi connectivity index (χ4n) is 3.03. The number of carbonyl (C=O) groups excluding carboxylic acids is 1. The highest BCUT2D eigenvalue weighted by molar-refractivity contribution is 5.75. The molecule has 0 unspecified atom stereocenters. The van der Waals surface area contributed by atoms with Gasteiger partial charge in [0.05, 0.1) is 6.04 Å². The molecule has 1 N–H and O–H groups in total. The smallest absolute Gasteiger partial charge is 0.318 e. The van der Waals surface area contributed by atoms with Gasteiger partial charge in [-0.25, -0.2) is 9.18 Å². The molecule has 2 aromatic rings. The van der Waals surface area contributed by atoms with E-state index >= 15 is 0 Å². The standard InChI is InChI=1S/C19H22FN3O2/c1-23(17-8-12-25-13-9-17)19(24)22-18(15-6-10-21-11-7-15)14-2-4-16(20)5-3-14/h2-7,10-11,17-18H,8-9,12-13H2,1H3,(H,22,24)/t18-/m0/s1. The van der Waals surface area contributed by atoms with Gasteiger partial charge in [-0.05, 0) is 48.2 Å². The average Bonchev–Trinajstić information content (AvgIpc) is 2.67. The third kappa shape index (κ3) is 4.33. The summed E-state index contributed by atoms with van der Waals surface area (Å²) in [5.74, 6) is -0.303. The average molecular weight is 343 g/mol. The molecule has 0 spiro atoms. The Morgan fingerprint density at radius 2 is 1.76 bits per heavy atom. The van der Waals surface area contributed by atoms with Crippen LogP contribution in [0.1, 0.15) is 30.0 Å². The van der Waals surface area contributed by atoms with E-state index in [1.165, 1.54) is 12.1 Å². The van der Waals surface area contributed by atoms with Gasteiger partial charge in [0, 0.05) is 38.7 Å². The second-order valence-corrected chi connectivity index (χ2v) is 6.17. The van der Waals surface area contributed by atoms with Gasteiger partial charge in [0.25, 0.3) is 0 Å². The van der Waals surface area contributed by atoms with Crippen LogP contribution in [-0.4, -0.2) is 42.2 Å². The van der Waals surface area contributed by atoms with Crippen molar-refractivity contribution in [1.29, 1.82) is 0 Å². The van der Waals surface area contributed by atoms with Crippen LogP contribution in [0.4, 0.5) is 9.18 Å². The van der Waals surface area contributed by atoms with Crippen LogP contribution >= 0.6 is 0 Å². The molecule has 1 saturated heterocycles. The van der Waals surface area contributed by atoms with E-state index in [1.807, 2.05) is 12.1 Å². The number of rotatable bonds is 4. The molecule has 0 saturated carbocycles. The van der Waals surface area contributed by atoms with E-state index in [4.69, 9.17) is 4.74 Å². The highest BCUT2D eigenvalue weighted by atomic mass is 19.1. The molecule has 3 rings (SSSR count). The molecule has 0 aliphatic carbocycles. The van der Waals surface area contributed by atoms with Crippen molar-refractivity contribution in [2.24, 2.45) is 0 Å². The summed E-state index contributed by atoms with van der Waals surface area (Å²) >= 11 is 0. The minimum absolute atomic E-state index is 0.155. The number of carbonyl (C=O) groups is 1. The first-order valence-electron chi connectivity index (χ1n) is 8.41. The molecule has 2 amide bonds. The first-order valence-corrected chi connectivity index (χ1v) is 8.41. The minimum atomic E-state index is -0.363. The third-order valence-corrected chi connectivity index (χ3v) is 4.57. The Hall–Kier alpha value is -2.47. The maximum Gasteiger partial charge on any atom is 0.318 e. The lowest BCUT2D eigenvalue weighted by molar-refractivity contribution is 0.0523. The molecule has 1 aromatic carbocycles. The fraction of sp³-hybridized carbons (Fsp3) is 0.368. The normalized spacial score (nSPS) is 16.2. The van der Waals surface area contributed by atoms with Gasteiger partial charge >= 0.3 is 6.03 Å². The molecule has 0 bridgehead atoms. The lowest BCUT2D eigenvalue weighted by atomic mass is 9.99. The van der Waals surface area contributed by atoms with Crippen LogP contribution in [0.5, 0.6) is 0 Å². The van der Waals surface area contributed by atoms with E-state index in [2.05, 4.69) is 10.3 Å². The number of aromatic nitrogens is 1. The largest absolute Gasteiger partial charge is 0.381 e. The van der Waals surface area contributed by atoms with Crippen LogP contribution in [0, 0.1) is 5.82 Å². The van der Waals surface area contributed by atoms with Gasteiger partial charge in [0.15, 0.2) is 0 Å². The van der Waals surface area contributed by atoms with Crippen LogP contribution in [0.2, 0.25) is 0 Å².